The normalized spacial score (nSPS) is 14.5. The maximum absolute atomic E-state index is 12.5. The zero-order valence-electron chi connectivity index (χ0n) is 18.0. The van der Waals surface area contributed by atoms with Crippen molar-refractivity contribution in [2.24, 2.45) is 5.92 Å². The van der Waals surface area contributed by atoms with E-state index in [1.807, 2.05) is 17.9 Å². The molecule has 2 aromatic heterocycles. The maximum Gasteiger partial charge on any atom is 0.338 e. The lowest BCUT2D eigenvalue weighted by Crippen LogP contribution is -2.33. The molecular weight excluding hydrogens is 412 g/mol. The Labute approximate surface area is 184 Å². The zero-order valence-corrected chi connectivity index (χ0v) is 18.0. The molecule has 4 rings (SSSR count). The topological polar surface area (TPSA) is 107 Å². The number of hydrogen-bond acceptors (Lipinski definition) is 7. The number of anilines is 1. The molecule has 0 radical (unpaired) electrons. The molecule has 32 heavy (non-hydrogen) atoms. The quantitative estimate of drug-likeness (QED) is 0.342. The lowest BCUT2D eigenvalue weighted by molar-refractivity contribution is -0.384. The highest BCUT2D eigenvalue weighted by Crippen LogP contribution is 2.32. The summed E-state index contributed by atoms with van der Waals surface area (Å²) in [4.78, 5) is 42.3. The van der Waals surface area contributed by atoms with E-state index in [-0.39, 0.29) is 23.4 Å². The third-order valence-electron chi connectivity index (χ3n) is 5.74. The van der Waals surface area contributed by atoms with Crippen molar-refractivity contribution in [3.63, 3.8) is 0 Å². The van der Waals surface area contributed by atoms with Crippen LogP contribution in [0.25, 0.3) is 5.65 Å². The third-order valence-corrected chi connectivity index (χ3v) is 5.74. The Hall–Kier alpha value is -3.75. The number of piperidine rings is 1. The second-order valence-corrected chi connectivity index (χ2v) is 8.23. The van der Waals surface area contributed by atoms with Gasteiger partial charge in [0.2, 0.25) is 0 Å². The molecule has 1 saturated heterocycles. The van der Waals surface area contributed by atoms with Gasteiger partial charge in [-0.25, -0.2) is 9.78 Å². The predicted octanol–water partition coefficient (Wildman–Crippen LogP) is 3.50. The molecule has 1 aliphatic heterocycles. The van der Waals surface area contributed by atoms with Crippen LogP contribution in [0.2, 0.25) is 0 Å². The molecule has 0 amide bonds. The van der Waals surface area contributed by atoms with Gasteiger partial charge in [-0.3, -0.25) is 19.3 Å². The van der Waals surface area contributed by atoms with Crippen LogP contribution in [-0.4, -0.2) is 33.4 Å². The zero-order chi connectivity index (χ0) is 22.8. The molecule has 0 saturated carbocycles. The van der Waals surface area contributed by atoms with Crippen molar-refractivity contribution in [2.75, 3.05) is 18.0 Å². The van der Waals surface area contributed by atoms with Gasteiger partial charge in [0.05, 0.1) is 16.2 Å². The van der Waals surface area contributed by atoms with Crippen LogP contribution in [0.4, 0.5) is 11.4 Å². The van der Waals surface area contributed by atoms with Crippen LogP contribution in [0, 0.1) is 23.0 Å². The Morgan fingerprint density at radius 1 is 1.22 bits per heavy atom. The van der Waals surface area contributed by atoms with Crippen LogP contribution in [0.3, 0.4) is 0 Å². The fourth-order valence-electron chi connectivity index (χ4n) is 3.87. The number of carbonyl (C=O) groups excluding carboxylic acids is 1. The molecule has 9 heteroatoms. The number of carbonyl (C=O) groups is 1. The predicted molar refractivity (Wildman–Crippen MR) is 119 cm³/mol. The molecule has 0 aliphatic carbocycles. The summed E-state index contributed by atoms with van der Waals surface area (Å²) >= 11 is 0. The Kier molecular flexibility index (Phi) is 5.89. The SMILES string of the molecule is Cc1ccc2nc(COC(=O)c3ccc(N4CCC(C)CC4)c([N+](=O)[O-])c3)cc(=O)n2c1. The average Bonchev–Trinajstić information content (AvgIpc) is 2.78. The minimum Gasteiger partial charge on any atom is -0.456 e. The van der Waals surface area contributed by atoms with Crippen LogP contribution in [0.1, 0.15) is 41.4 Å². The van der Waals surface area contributed by atoms with Gasteiger partial charge in [-0.05, 0) is 49.4 Å². The van der Waals surface area contributed by atoms with Gasteiger partial charge < -0.3 is 9.64 Å². The van der Waals surface area contributed by atoms with Crippen LogP contribution < -0.4 is 10.5 Å². The van der Waals surface area contributed by atoms with Crippen molar-refractivity contribution in [3.05, 3.63) is 79.9 Å². The summed E-state index contributed by atoms with van der Waals surface area (Å²) in [5.74, 6) is -0.113. The van der Waals surface area contributed by atoms with Crippen molar-refractivity contribution in [3.8, 4) is 0 Å². The standard InChI is InChI=1S/C23H24N4O5/c1-15-7-9-25(10-8-15)19-5-4-17(11-20(19)27(30)31)23(29)32-14-18-12-22(28)26-13-16(2)3-6-21(26)24-18/h3-6,11-13,15H,7-10,14H2,1-2H3. The second kappa shape index (κ2) is 8.78. The maximum atomic E-state index is 12.5. The van der Waals surface area contributed by atoms with E-state index in [2.05, 4.69) is 11.9 Å². The largest absolute Gasteiger partial charge is 0.456 e. The number of ether oxygens (including phenoxy) is 1. The monoisotopic (exact) mass is 436 g/mol. The van der Waals surface area contributed by atoms with E-state index in [1.54, 1.807) is 18.3 Å². The number of nitro benzene ring substituents is 1. The first-order chi connectivity index (χ1) is 15.3. The first kappa shape index (κ1) is 21.5. The second-order valence-electron chi connectivity index (χ2n) is 8.23. The summed E-state index contributed by atoms with van der Waals surface area (Å²) in [6, 6.07) is 9.25. The van der Waals surface area contributed by atoms with Gasteiger partial charge >= 0.3 is 5.97 Å². The summed E-state index contributed by atoms with van der Waals surface area (Å²) in [5.41, 5.74) is 1.87. The van der Waals surface area contributed by atoms with Gasteiger partial charge in [-0.1, -0.05) is 13.0 Å². The molecule has 1 fully saturated rings. The van der Waals surface area contributed by atoms with Crippen LogP contribution in [0.5, 0.6) is 0 Å². The van der Waals surface area contributed by atoms with Gasteiger partial charge in [-0.2, -0.15) is 0 Å². The first-order valence-electron chi connectivity index (χ1n) is 10.5. The molecule has 1 aromatic carbocycles. The fourth-order valence-corrected chi connectivity index (χ4v) is 3.87. The van der Waals surface area contributed by atoms with Crippen LogP contribution in [-0.2, 0) is 11.3 Å². The molecule has 0 spiro atoms. The lowest BCUT2D eigenvalue weighted by Gasteiger charge is -2.31. The average molecular weight is 436 g/mol. The minimum atomic E-state index is -0.710. The molecule has 9 nitrogen and oxygen atoms in total. The van der Waals surface area contributed by atoms with E-state index in [9.17, 15) is 19.7 Å². The van der Waals surface area contributed by atoms with Crippen molar-refractivity contribution >= 4 is 23.0 Å². The third kappa shape index (κ3) is 4.46. The molecule has 0 atom stereocenters. The molecule has 3 aromatic rings. The van der Waals surface area contributed by atoms with Gasteiger partial charge in [0.1, 0.15) is 17.9 Å². The van der Waals surface area contributed by atoms with Gasteiger partial charge in [0, 0.05) is 31.4 Å². The highest BCUT2D eigenvalue weighted by atomic mass is 16.6. The summed E-state index contributed by atoms with van der Waals surface area (Å²) < 4.78 is 6.71. The Morgan fingerprint density at radius 2 is 1.97 bits per heavy atom. The van der Waals surface area contributed by atoms with E-state index in [0.717, 1.165) is 31.5 Å². The summed E-state index contributed by atoms with van der Waals surface area (Å²) in [7, 11) is 0. The van der Waals surface area contributed by atoms with Gasteiger partial charge in [-0.15, -0.1) is 0 Å². The molecule has 0 N–H and O–H groups in total. The number of benzene rings is 1. The molecular formula is C23H24N4O5. The van der Waals surface area contributed by atoms with Crippen molar-refractivity contribution in [1.29, 1.82) is 0 Å². The highest BCUT2D eigenvalue weighted by molar-refractivity contribution is 5.91. The Bertz CT molecular complexity index is 1240. The van der Waals surface area contributed by atoms with Crippen LogP contribution in [0.15, 0.2) is 47.4 Å². The van der Waals surface area contributed by atoms with E-state index in [4.69, 9.17) is 4.74 Å². The van der Waals surface area contributed by atoms with Gasteiger partial charge in [0.25, 0.3) is 11.2 Å². The first-order valence-corrected chi connectivity index (χ1v) is 10.5. The summed E-state index contributed by atoms with van der Waals surface area (Å²) in [6.45, 7) is 5.32. The molecule has 3 heterocycles. The van der Waals surface area contributed by atoms with Crippen molar-refractivity contribution in [2.45, 2.75) is 33.3 Å². The van der Waals surface area contributed by atoms with Crippen molar-refractivity contribution in [1.82, 2.24) is 9.38 Å². The minimum absolute atomic E-state index is 0.0824. The number of fused-ring (bicyclic) bond motifs is 1. The van der Waals surface area contributed by atoms with E-state index < -0.39 is 10.9 Å². The fraction of sp³-hybridized carbons (Fsp3) is 0.348. The smallest absolute Gasteiger partial charge is 0.338 e. The van der Waals surface area contributed by atoms with Gasteiger partial charge in [0.15, 0.2) is 0 Å². The highest BCUT2D eigenvalue weighted by Gasteiger charge is 2.25. The molecule has 0 unspecified atom stereocenters. The molecule has 0 bridgehead atoms. The number of nitro groups is 1. The number of hydrogen-bond donors (Lipinski definition) is 0. The van der Waals surface area contributed by atoms with Crippen LogP contribution >= 0.6 is 0 Å². The number of nitrogens with zero attached hydrogens (tertiary/aromatic N) is 4. The van der Waals surface area contributed by atoms with Crippen molar-refractivity contribution < 1.29 is 14.5 Å². The number of rotatable bonds is 5. The molecule has 1 aliphatic rings. The van der Waals surface area contributed by atoms with E-state index in [0.29, 0.717) is 22.9 Å². The Balaban J connectivity index is 1.51. The van der Waals surface area contributed by atoms with E-state index >= 15 is 0 Å². The number of aromatic nitrogens is 2. The number of esters is 1. The molecule has 166 valence electrons. The van der Waals surface area contributed by atoms with E-state index in [1.165, 1.54) is 22.6 Å². The Morgan fingerprint density at radius 3 is 2.69 bits per heavy atom. The summed E-state index contributed by atoms with van der Waals surface area (Å²) in [5, 5.41) is 11.6. The lowest BCUT2D eigenvalue weighted by atomic mass is 9.98. The number of pyridine rings is 1. The number of aryl methyl sites for hydroxylation is 1. The summed E-state index contributed by atoms with van der Waals surface area (Å²) in [6.07, 6.45) is 3.63.